The predicted molar refractivity (Wildman–Crippen MR) is 71.0 cm³/mol. The van der Waals surface area contributed by atoms with Crippen molar-refractivity contribution in [1.29, 1.82) is 0 Å². The van der Waals surface area contributed by atoms with Gasteiger partial charge in [0.1, 0.15) is 0 Å². The molecule has 2 rings (SSSR count). The molecular formula is C13H13ClF3N3. The van der Waals surface area contributed by atoms with E-state index in [0.717, 1.165) is 4.68 Å². The van der Waals surface area contributed by atoms with E-state index >= 15 is 0 Å². The summed E-state index contributed by atoms with van der Waals surface area (Å²) >= 11 is 5.74. The van der Waals surface area contributed by atoms with Crippen molar-refractivity contribution in [3.05, 3.63) is 46.7 Å². The lowest BCUT2D eigenvalue weighted by Gasteiger charge is -2.13. The summed E-state index contributed by atoms with van der Waals surface area (Å²) in [5, 5.41) is 7.19. The first-order chi connectivity index (χ1) is 9.43. The molecule has 1 aromatic heterocycles. The van der Waals surface area contributed by atoms with E-state index in [0.29, 0.717) is 17.3 Å². The van der Waals surface area contributed by atoms with E-state index in [1.165, 1.54) is 30.5 Å². The van der Waals surface area contributed by atoms with Gasteiger partial charge in [0.25, 0.3) is 0 Å². The Morgan fingerprint density at radius 2 is 1.90 bits per heavy atom. The molecule has 0 aliphatic rings. The fourth-order valence-electron chi connectivity index (χ4n) is 1.85. The van der Waals surface area contributed by atoms with Crippen molar-refractivity contribution >= 4 is 11.6 Å². The third-order valence-electron chi connectivity index (χ3n) is 2.75. The van der Waals surface area contributed by atoms with Gasteiger partial charge in [-0.15, -0.1) is 0 Å². The summed E-state index contributed by atoms with van der Waals surface area (Å²) < 4.78 is 40.6. The molecule has 20 heavy (non-hydrogen) atoms. The van der Waals surface area contributed by atoms with Crippen molar-refractivity contribution in [3.8, 4) is 5.69 Å². The van der Waals surface area contributed by atoms with Crippen LogP contribution >= 0.6 is 11.6 Å². The number of benzene rings is 1. The number of hydrogen-bond acceptors (Lipinski definition) is 2. The molecule has 0 bridgehead atoms. The van der Waals surface area contributed by atoms with E-state index in [2.05, 4.69) is 10.4 Å². The summed E-state index contributed by atoms with van der Waals surface area (Å²) in [5.74, 6) is 0. The van der Waals surface area contributed by atoms with Crippen LogP contribution in [0.2, 0.25) is 5.02 Å². The zero-order chi connectivity index (χ0) is 14.8. The Balaban J connectivity index is 2.47. The molecule has 0 amide bonds. The Labute approximate surface area is 119 Å². The van der Waals surface area contributed by atoms with E-state index in [4.69, 9.17) is 11.6 Å². The number of nitrogens with zero attached hydrogens (tertiary/aromatic N) is 2. The first kappa shape index (κ1) is 14.9. The predicted octanol–water partition coefficient (Wildman–Crippen LogP) is 3.65. The number of halogens is 4. The van der Waals surface area contributed by atoms with Gasteiger partial charge in [-0.05, 0) is 30.8 Å². The molecule has 3 nitrogen and oxygen atoms in total. The first-order valence-electron chi connectivity index (χ1n) is 6.04. The van der Waals surface area contributed by atoms with Crippen molar-refractivity contribution in [1.82, 2.24) is 15.1 Å². The van der Waals surface area contributed by atoms with E-state index in [9.17, 15) is 13.2 Å². The van der Waals surface area contributed by atoms with Crippen molar-refractivity contribution in [2.45, 2.75) is 19.6 Å². The molecule has 0 unspecified atom stereocenters. The minimum absolute atomic E-state index is 0.120. The lowest BCUT2D eigenvalue weighted by molar-refractivity contribution is -0.143. The van der Waals surface area contributed by atoms with Crippen LogP contribution in [0.25, 0.3) is 5.69 Å². The molecule has 7 heteroatoms. The molecule has 0 radical (unpaired) electrons. The highest BCUT2D eigenvalue weighted by Gasteiger charge is 2.38. The molecule has 1 heterocycles. The van der Waals surface area contributed by atoms with Crippen LogP contribution in [0.15, 0.2) is 30.5 Å². The Morgan fingerprint density at radius 1 is 1.25 bits per heavy atom. The van der Waals surface area contributed by atoms with Gasteiger partial charge in [0, 0.05) is 17.1 Å². The maximum atomic E-state index is 13.2. The largest absolute Gasteiger partial charge is 0.433 e. The minimum atomic E-state index is -4.47. The van der Waals surface area contributed by atoms with Crippen LogP contribution in [0.1, 0.15) is 18.2 Å². The third kappa shape index (κ3) is 3.13. The van der Waals surface area contributed by atoms with Gasteiger partial charge in [0.05, 0.1) is 11.9 Å². The molecule has 0 spiro atoms. The summed E-state index contributed by atoms with van der Waals surface area (Å²) in [6, 6.07) is 6.06. The topological polar surface area (TPSA) is 29.9 Å². The summed E-state index contributed by atoms with van der Waals surface area (Å²) in [7, 11) is 0. The van der Waals surface area contributed by atoms with E-state index < -0.39 is 11.9 Å². The molecule has 0 saturated heterocycles. The normalized spacial score (nSPS) is 11.8. The van der Waals surface area contributed by atoms with Crippen LogP contribution in [-0.4, -0.2) is 16.3 Å². The number of hydrogen-bond donors (Lipinski definition) is 1. The second kappa shape index (κ2) is 5.85. The molecular weight excluding hydrogens is 291 g/mol. The van der Waals surface area contributed by atoms with Gasteiger partial charge in [-0.1, -0.05) is 18.5 Å². The maximum absolute atomic E-state index is 13.2. The summed E-state index contributed by atoms with van der Waals surface area (Å²) in [6.45, 7) is 2.54. The lowest BCUT2D eigenvalue weighted by atomic mass is 10.2. The number of alkyl halides is 3. The van der Waals surface area contributed by atoms with Crippen LogP contribution in [0.3, 0.4) is 0 Å². The fraction of sp³-hybridized carbons (Fsp3) is 0.308. The Kier molecular flexibility index (Phi) is 4.35. The lowest BCUT2D eigenvalue weighted by Crippen LogP contribution is -2.19. The Morgan fingerprint density at radius 3 is 2.45 bits per heavy atom. The van der Waals surface area contributed by atoms with Crippen LogP contribution < -0.4 is 5.32 Å². The molecule has 0 aliphatic carbocycles. The standard InChI is InChI=1S/C13H13ClF3N3/c1-2-18-7-9-8-19-20(12(9)13(15,16)17)11-5-3-10(14)4-6-11/h3-6,8,18H,2,7H2,1H3. The van der Waals surface area contributed by atoms with Gasteiger partial charge in [-0.2, -0.15) is 18.3 Å². The Hall–Kier alpha value is -1.53. The average Bonchev–Trinajstić information content (AvgIpc) is 2.81. The average molecular weight is 304 g/mol. The van der Waals surface area contributed by atoms with E-state index in [-0.39, 0.29) is 12.1 Å². The molecule has 1 aromatic carbocycles. The van der Waals surface area contributed by atoms with E-state index in [1.54, 1.807) is 0 Å². The summed E-state index contributed by atoms with van der Waals surface area (Å²) in [4.78, 5) is 0. The van der Waals surface area contributed by atoms with Gasteiger partial charge >= 0.3 is 6.18 Å². The molecule has 0 aliphatic heterocycles. The quantitative estimate of drug-likeness (QED) is 0.934. The van der Waals surface area contributed by atoms with Crippen molar-refractivity contribution in [3.63, 3.8) is 0 Å². The van der Waals surface area contributed by atoms with Crippen LogP contribution in [0, 0.1) is 0 Å². The zero-order valence-corrected chi connectivity index (χ0v) is 11.5. The van der Waals surface area contributed by atoms with Crippen LogP contribution in [0.4, 0.5) is 13.2 Å². The van der Waals surface area contributed by atoms with Crippen LogP contribution in [0.5, 0.6) is 0 Å². The van der Waals surface area contributed by atoms with Crippen LogP contribution in [-0.2, 0) is 12.7 Å². The van der Waals surface area contributed by atoms with E-state index in [1.807, 2.05) is 6.92 Å². The minimum Gasteiger partial charge on any atom is -0.313 e. The number of nitrogens with one attached hydrogen (secondary N) is 1. The van der Waals surface area contributed by atoms with Crippen molar-refractivity contribution in [2.24, 2.45) is 0 Å². The summed E-state index contributed by atoms with van der Waals surface area (Å²) in [6.07, 6.45) is -3.24. The van der Waals surface area contributed by atoms with Crippen molar-refractivity contribution in [2.75, 3.05) is 6.54 Å². The molecule has 2 aromatic rings. The molecule has 0 atom stereocenters. The zero-order valence-electron chi connectivity index (χ0n) is 10.7. The van der Waals surface area contributed by atoms with Gasteiger partial charge in [0.15, 0.2) is 5.69 Å². The molecule has 1 N–H and O–H groups in total. The molecule has 108 valence electrons. The van der Waals surface area contributed by atoms with Gasteiger partial charge in [-0.3, -0.25) is 0 Å². The highest BCUT2D eigenvalue weighted by Crippen LogP contribution is 2.33. The number of rotatable bonds is 4. The van der Waals surface area contributed by atoms with Crippen molar-refractivity contribution < 1.29 is 13.2 Å². The maximum Gasteiger partial charge on any atom is 0.433 e. The first-order valence-corrected chi connectivity index (χ1v) is 6.42. The highest BCUT2D eigenvalue weighted by atomic mass is 35.5. The second-order valence-electron chi connectivity index (χ2n) is 4.18. The monoisotopic (exact) mass is 303 g/mol. The van der Waals surface area contributed by atoms with Gasteiger partial charge in [0.2, 0.25) is 0 Å². The third-order valence-corrected chi connectivity index (χ3v) is 3.00. The second-order valence-corrected chi connectivity index (χ2v) is 4.62. The Bertz CT molecular complexity index is 576. The highest BCUT2D eigenvalue weighted by molar-refractivity contribution is 6.30. The smallest absolute Gasteiger partial charge is 0.313 e. The fourth-order valence-corrected chi connectivity index (χ4v) is 1.98. The number of aromatic nitrogens is 2. The molecule has 0 saturated carbocycles. The summed E-state index contributed by atoms with van der Waals surface area (Å²) in [5.41, 5.74) is -0.320. The van der Waals surface area contributed by atoms with Gasteiger partial charge in [-0.25, -0.2) is 4.68 Å². The SMILES string of the molecule is CCNCc1cnn(-c2ccc(Cl)cc2)c1C(F)(F)F. The van der Waals surface area contributed by atoms with Gasteiger partial charge < -0.3 is 5.32 Å². The molecule has 0 fully saturated rings.